The fourth-order valence-electron chi connectivity index (χ4n) is 4.32. The third-order valence-electron chi connectivity index (χ3n) is 6.28. The van der Waals surface area contributed by atoms with Crippen LogP contribution in [0.5, 0.6) is 5.75 Å². The lowest BCUT2D eigenvalue weighted by molar-refractivity contribution is 0.174. The van der Waals surface area contributed by atoms with E-state index in [-0.39, 0.29) is 11.4 Å². The molecule has 31 heavy (non-hydrogen) atoms. The van der Waals surface area contributed by atoms with Crippen LogP contribution in [0, 0.1) is 18.7 Å². The van der Waals surface area contributed by atoms with Crippen molar-refractivity contribution in [3.63, 3.8) is 0 Å². The number of rotatable bonds is 7. The molecule has 0 N–H and O–H groups in total. The summed E-state index contributed by atoms with van der Waals surface area (Å²) in [6.45, 7) is 5.24. The van der Waals surface area contributed by atoms with Crippen molar-refractivity contribution in [1.29, 1.82) is 0 Å². The molecule has 1 saturated heterocycles. The summed E-state index contributed by atoms with van der Waals surface area (Å²) in [6, 6.07) is 8.53. The van der Waals surface area contributed by atoms with Gasteiger partial charge < -0.3 is 14.2 Å². The molecule has 0 atom stereocenters. The molecule has 0 unspecified atom stereocenters. The van der Waals surface area contributed by atoms with Gasteiger partial charge in [0.15, 0.2) is 0 Å². The number of hydrogen-bond acceptors (Lipinski definition) is 5. The Balaban J connectivity index is 1.31. The third-order valence-corrected chi connectivity index (χ3v) is 6.28. The maximum Gasteiger partial charge on any atom is 0.251 e. The summed E-state index contributed by atoms with van der Waals surface area (Å²) in [7, 11) is 1.60. The van der Waals surface area contributed by atoms with E-state index in [4.69, 9.17) is 4.74 Å². The van der Waals surface area contributed by atoms with Crippen molar-refractivity contribution in [3.05, 3.63) is 64.1 Å². The molecule has 0 aromatic carbocycles. The van der Waals surface area contributed by atoms with Gasteiger partial charge in [0.1, 0.15) is 11.6 Å². The molecule has 1 aliphatic heterocycles. The molecule has 0 amide bonds. The number of aromatic nitrogens is 3. The standard InChI is InChI=1S/C24H29FN4O2/c1-17-21(25)6-5-19(27-17)4-3-18-9-11-28(12-10-18)13-14-29-23-15-20(31-2)16-26-22(23)7-8-24(29)30/h5-8,15-16,18H,3-4,9-14H2,1-2H3. The van der Waals surface area contributed by atoms with E-state index < -0.39 is 0 Å². The van der Waals surface area contributed by atoms with Crippen LogP contribution in [0.3, 0.4) is 0 Å². The Bertz CT molecular complexity index is 1110. The molecule has 6 nitrogen and oxygen atoms in total. The molecule has 7 heteroatoms. The van der Waals surface area contributed by atoms with Gasteiger partial charge in [-0.1, -0.05) is 0 Å². The number of nitrogens with zero attached hydrogens (tertiary/aromatic N) is 4. The van der Waals surface area contributed by atoms with Gasteiger partial charge in [0.25, 0.3) is 5.56 Å². The smallest absolute Gasteiger partial charge is 0.251 e. The van der Waals surface area contributed by atoms with E-state index in [9.17, 15) is 9.18 Å². The Kier molecular flexibility index (Phi) is 6.61. The topological polar surface area (TPSA) is 60.2 Å². The van der Waals surface area contributed by atoms with E-state index in [0.717, 1.165) is 62.0 Å². The van der Waals surface area contributed by atoms with Crippen LogP contribution in [-0.2, 0) is 13.0 Å². The van der Waals surface area contributed by atoms with Crippen LogP contribution in [0.4, 0.5) is 4.39 Å². The van der Waals surface area contributed by atoms with Crippen molar-refractivity contribution in [3.8, 4) is 5.75 Å². The fraction of sp³-hybridized carbons (Fsp3) is 0.458. The Morgan fingerprint density at radius 2 is 1.97 bits per heavy atom. The van der Waals surface area contributed by atoms with Crippen molar-refractivity contribution in [2.24, 2.45) is 5.92 Å². The maximum absolute atomic E-state index is 13.4. The van der Waals surface area contributed by atoms with Crippen molar-refractivity contribution < 1.29 is 9.13 Å². The van der Waals surface area contributed by atoms with Gasteiger partial charge in [0, 0.05) is 30.9 Å². The summed E-state index contributed by atoms with van der Waals surface area (Å²) in [4.78, 5) is 23.6. The van der Waals surface area contributed by atoms with E-state index >= 15 is 0 Å². The van der Waals surface area contributed by atoms with Gasteiger partial charge >= 0.3 is 0 Å². The van der Waals surface area contributed by atoms with E-state index in [1.165, 1.54) is 6.07 Å². The first-order valence-corrected chi connectivity index (χ1v) is 10.9. The number of halogens is 1. The Labute approximate surface area is 181 Å². The second kappa shape index (κ2) is 9.56. The van der Waals surface area contributed by atoms with Crippen LogP contribution in [0.1, 0.15) is 30.7 Å². The molecule has 0 saturated carbocycles. The number of likely N-dealkylation sites (tertiary alicyclic amines) is 1. The van der Waals surface area contributed by atoms with E-state index in [0.29, 0.717) is 23.9 Å². The van der Waals surface area contributed by atoms with E-state index in [1.807, 2.05) is 6.07 Å². The monoisotopic (exact) mass is 424 g/mol. The zero-order valence-corrected chi connectivity index (χ0v) is 18.2. The summed E-state index contributed by atoms with van der Waals surface area (Å²) in [5.74, 6) is 1.08. The first-order chi connectivity index (χ1) is 15.0. The van der Waals surface area contributed by atoms with E-state index in [1.54, 1.807) is 43.0 Å². The van der Waals surface area contributed by atoms with Crippen LogP contribution in [0.25, 0.3) is 11.0 Å². The van der Waals surface area contributed by atoms with Gasteiger partial charge in [0.2, 0.25) is 0 Å². The van der Waals surface area contributed by atoms with Crippen molar-refractivity contribution in [1.82, 2.24) is 19.4 Å². The average Bonchev–Trinajstić information content (AvgIpc) is 2.79. The molecule has 1 fully saturated rings. The van der Waals surface area contributed by atoms with Crippen molar-refractivity contribution in [2.75, 3.05) is 26.7 Å². The zero-order chi connectivity index (χ0) is 21.8. The number of hydrogen-bond donors (Lipinski definition) is 0. The molecule has 0 bridgehead atoms. The number of ether oxygens (including phenoxy) is 1. The second-order valence-corrected chi connectivity index (χ2v) is 8.30. The lowest BCUT2D eigenvalue weighted by atomic mass is 9.91. The Hall–Kier alpha value is -2.80. The van der Waals surface area contributed by atoms with Gasteiger partial charge in [0.05, 0.1) is 30.0 Å². The van der Waals surface area contributed by atoms with Gasteiger partial charge in [-0.2, -0.15) is 0 Å². The molecule has 0 aliphatic carbocycles. The highest BCUT2D eigenvalue weighted by Crippen LogP contribution is 2.23. The van der Waals surface area contributed by atoms with Crippen LogP contribution in [0.15, 0.2) is 41.3 Å². The lowest BCUT2D eigenvalue weighted by Gasteiger charge is -2.32. The predicted molar refractivity (Wildman–Crippen MR) is 119 cm³/mol. The molecule has 164 valence electrons. The average molecular weight is 425 g/mol. The highest BCUT2D eigenvalue weighted by atomic mass is 19.1. The highest BCUT2D eigenvalue weighted by molar-refractivity contribution is 5.75. The molecule has 0 spiro atoms. The lowest BCUT2D eigenvalue weighted by Crippen LogP contribution is -2.37. The number of aryl methyl sites for hydroxylation is 2. The minimum absolute atomic E-state index is 0.0143. The minimum Gasteiger partial charge on any atom is -0.495 e. The Morgan fingerprint density at radius 3 is 2.71 bits per heavy atom. The molecule has 4 heterocycles. The summed E-state index contributed by atoms with van der Waals surface area (Å²) in [5, 5.41) is 0. The Morgan fingerprint density at radius 1 is 1.16 bits per heavy atom. The van der Waals surface area contributed by atoms with Crippen molar-refractivity contribution >= 4 is 11.0 Å². The summed E-state index contributed by atoms with van der Waals surface area (Å²) in [6.07, 6.45) is 5.93. The van der Waals surface area contributed by atoms with Crippen LogP contribution in [0.2, 0.25) is 0 Å². The maximum atomic E-state index is 13.4. The minimum atomic E-state index is -0.239. The summed E-state index contributed by atoms with van der Waals surface area (Å²) >= 11 is 0. The SMILES string of the molecule is COc1cnc2ccc(=O)n(CCN3CCC(CCc4ccc(F)c(C)n4)CC3)c2c1. The highest BCUT2D eigenvalue weighted by Gasteiger charge is 2.19. The first-order valence-electron chi connectivity index (χ1n) is 10.9. The van der Waals surface area contributed by atoms with Crippen LogP contribution in [-0.4, -0.2) is 46.2 Å². The zero-order valence-electron chi connectivity index (χ0n) is 18.2. The van der Waals surface area contributed by atoms with Gasteiger partial charge in [-0.25, -0.2) is 4.39 Å². The molecule has 3 aromatic rings. The third kappa shape index (κ3) is 5.10. The summed E-state index contributed by atoms with van der Waals surface area (Å²) in [5.41, 5.74) is 3.04. The first kappa shape index (κ1) is 21.4. The molecule has 1 aliphatic rings. The molecular formula is C24H29FN4O2. The molecule has 3 aromatic heterocycles. The van der Waals surface area contributed by atoms with Gasteiger partial charge in [-0.05, 0) is 69.8 Å². The molecular weight excluding hydrogens is 395 g/mol. The number of methoxy groups -OCH3 is 1. The molecule has 0 radical (unpaired) electrons. The quantitative estimate of drug-likeness (QED) is 0.580. The number of pyridine rings is 3. The predicted octanol–water partition coefficient (Wildman–Crippen LogP) is 3.59. The van der Waals surface area contributed by atoms with Crippen LogP contribution >= 0.6 is 0 Å². The largest absolute Gasteiger partial charge is 0.495 e. The number of piperidine rings is 1. The van der Waals surface area contributed by atoms with E-state index in [2.05, 4.69) is 14.9 Å². The number of fused-ring (bicyclic) bond motifs is 1. The normalized spacial score (nSPS) is 15.5. The summed E-state index contributed by atoms with van der Waals surface area (Å²) < 4.78 is 20.5. The van der Waals surface area contributed by atoms with Crippen LogP contribution < -0.4 is 10.3 Å². The fourth-order valence-corrected chi connectivity index (χ4v) is 4.32. The second-order valence-electron chi connectivity index (χ2n) is 8.30. The van der Waals surface area contributed by atoms with Crippen molar-refractivity contribution in [2.45, 2.75) is 39.2 Å². The molecule has 4 rings (SSSR count). The van der Waals surface area contributed by atoms with Gasteiger partial charge in [-0.3, -0.25) is 14.8 Å². The van der Waals surface area contributed by atoms with Gasteiger partial charge in [-0.15, -0.1) is 0 Å².